The quantitative estimate of drug-likeness (QED) is 0.0992. The molecule has 4 rings (SSSR count). The van der Waals surface area contributed by atoms with Gasteiger partial charge in [0.05, 0.1) is 12.0 Å². The average Bonchev–Trinajstić information content (AvgIpc) is 3.03. The van der Waals surface area contributed by atoms with E-state index in [4.69, 9.17) is 14.2 Å². The van der Waals surface area contributed by atoms with Crippen LogP contribution in [0.2, 0.25) is 0 Å². The fraction of sp³-hybridized carbons (Fsp3) is 0.263. The van der Waals surface area contributed by atoms with Crippen molar-refractivity contribution in [3.05, 3.63) is 131 Å². The van der Waals surface area contributed by atoms with Crippen molar-refractivity contribution in [3.63, 3.8) is 0 Å². The van der Waals surface area contributed by atoms with Crippen LogP contribution in [0.25, 0.3) is 11.1 Å². The van der Waals surface area contributed by atoms with E-state index in [1.807, 2.05) is 106 Å². The second-order valence-electron chi connectivity index (χ2n) is 11.6. The van der Waals surface area contributed by atoms with E-state index in [0.29, 0.717) is 24.7 Å². The number of hydrogen-bond donors (Lipinski definition) is 0. The molecule has 6 nitrogen and oxygen atoms in total. The third-order valence-corrected chi connectivity index (χ3v) is 7.10. The summed E-state index contributed by atoms with van der Waals surface area (Å²) in [5, 5.41) is 0. The van der Waals surface area contributed by atoms with E-state index in [1.165, 1.54) is 10.5 Å². The van der Waals surface area contributed by atoms with Gasteiger partial charge in [0, 0.05) is 7.05 Å². The van der Waals surface area contributed by atoms with E-state index in [1.54, 1.807) is 7.05 Å². The number of nitrogens with zero attached hydrogens (tertiary/aromatic N) is 1. The highest BCUT2D eigenvalue weighted by Gasteiger charge is 2.24. The van der Waals surface area contributed by atoms with Gasteiger partial charge in [-0.05, 0) is 84.9 Å². The molecule has 0 aliphatic carbocycles. The third kappa shape index (κ3) is 8.83. The Labute approximate surface area is 260 Å². The van der Waals surface area contributed by atoms with Gasteiger partial charge >= 0.3 is 12.1 Å². The number of carbonyl (C=O) groups excluding carboxylic acids is 2. The lowest BCUT2D eigenvalue weighted by Gasteiger charge is -2.19. The van der Waals surface area contributed by atoms with Crippen LogP contribution in [0.5, 0.6) is 11.5 Å². The summed E-state index contributed by atoms with van der Waals surface area (Å²) in [6, 6.07) is 35.6. The molecule has 0 aliphatic heterocycles. The molecule has 0 radical (unpaired) electrons. The van der Waals surface area contributed by atoms with Gasteiger partial charge in [-0.15, -0.1) is 0 Å². The summed E-state index contributed by atoms with van der Waals surface area (Å²) in [5.41, 5.74) is 5.86. The Morgan fingerprint density at radius 1 is 0.705 bits per heavy atom. The molecule has 4 aromatic carbocycles. The molecule has 1 amide bonds. The summed E-state index contributed by atoms with van der Waals surface area (Å²) in [7, 11) is 1.70. The molecule has 0 N–H and O–H groups in total. The number of benzene rings is 4. The Balaban J connectivity index is 1.47. The van der Waals surface area contributed by atoms with Gasteiger partial charge in [-0.3, -0.25) is 4.79 Å². The van der Waals surface area contributed by atoms with E-state index in [9.17, 15) is 9.59 Å². The van der Waals surface area contributed by atoms with Crippen LogP contribution in [0, 0.1) is 5.41 Å². The standard InChI is InChI=1S/C38H41NO5/c1-6-34(29-15-11-8-12-16-29)35(31-19-23-33(24-20-31)44-36(40)38(2,3)4)30-17-21-32(22-18-30)42-26-25-39(5)37(41)43-27-28-13-9-7-10-14-28/h7-24H,6,25-27H2,1-5H3/b35-34+. The number of allylic oxidation sites excluding steroid dienone is 1. The van der Waals surface area contributed by atoms with Crippen molar-refractivity contribution in [2.45, 2.75) is 40.7 Å². The Kier molecular flexibility index (Phi) is 11.0. The van der Waals surface area contributed by atoms with Gasteiger partial charge in [0.1, 0.15) is 24.7 Å². The summed E-state index contributed by atoms with van der Waals surface area (Å²) in [5.74, 6) is 0.954. The molecule has 0 atom stereocenters. The fourth-order valence-electron chi connectivity index (χ4n) is 4.57. The molecule has 0 aromatic heterocycles. The van der Waals surface area contributed by atoms with Crippen molar-refractivity contribution < 1.29 is 23.8 Å². The SMILES string of the molecule is CC/C(=C(/c1ccc(OCCN(C)C(=O)OCc2ccccc2)cc1)c1ccc(OC(=O)C(C)(C)C)cc1)c1ccccc1. The first-order valence-corrected chi connectivity index (χ1v) is 14.9. The molecule has 0 saturated carbocycles. The van der Waals surface area contributed by atoms with Crippen LogP contribution >= 0.6 is 0 Å². The number of amides is 1. The summed E-state index contributed by atoms with van der Waals surface area (Å²) >= 11 is 0. The Morgan fingerprint density at radius 3 is 1.80 bits per heavy atom. The molecule has 0 heterocycles. The van der Waals surface area contributed by atoms with Crippen molar-refractivity contribution >= 4 is 23.2 Å². The normalized spacial score (nSPS) is 11.8. The smallest absolute Gasteiger partial charge is 0.409 e. The van der Waals surface area contributed by atoms with Gasteiger partial charge < -0.3 is 19.1 Å². The van der Waals surface area contributed by atoms with Gasteiger partial charge in [-0.1, -0.05) is 91.9 Å². The molecular formula is C38H41NO5. The zero-order chi connectivity index (χ0) is 31.5. The van der Waals surface area contributed by atoms with Crippen LogP contribution in [-0.2, 0) is 16.1 Å². The van der Waals surface area contributed by atoms with Crippen LogP contribution < -0.4 is 9.47 Å². The molecule has 228 valence electrons. The van der Waals surface area contributed by atoms with Crippen molar-refractivity contribution in [1.82, 2.24) is 4.90 Å². The number of esters is 1. The predicted molar refractivity (Wildman–Crippen MR) is 175 cm³/mol. The van der Waals surface area contributed by atoms with E-state index in [-0.39, 0.29) is 12.6 Å². The van der Waals surface area contributed by atoms with Crippen LogP contribution in [0.3, 0.4) is 0 Å². The zero-order valence-corrected chi connectivity index (χ0v) is 26.2. The number of hydrogen-bond acceptors (Lipinski definition) is 5. The molecule has 0 bridgehead atoms. The second kappa shape index (κ2) is 15.1. The first-order valence-electron chi connectivity index (χ1n) is 14.9. The van der Waals surface area contributed by atoms with Gasteiger partial charge in [0.2, 0.25) is 0 Å². The van der Waals surface area contributed by atoms with Gasteiger partial charge in [0.25, 0.3) is 0 Å². The van der Waals surface area contributed by atoms with Gasteiger partial charge in [0.15, 0.2) is 0 Å². The summed E-state index contributed by atoms with van der Waals surface area (Å²) in [6.07, 6.45) is 0.431. The predicted octanol–water partition coefficient (Wildman–Crippen LogP) is 8.65. The molecule has 44 heavy (non-hydrogen) atoms. The van der Waals surface area contributed by atoms with E-state index >= 15 is 0 Å². The van der Waals surface area contributed by atoms with Crippen LogP contribution in [0.4, 0.5) is 4.79 Å². The third-order valence-electron chi connectivity index (χ3n) is 7.10. The summed E-state index contributed by atoms with van der Waals surface area (Å²) in [6.45, 7) is 8.62. The Hall–Kier alpha value is -4.84. The minimum Gasteiger partial charge on any atom is -0.492 e. The van der Waals surface area contributed by atoms with Crippen molar-refractivity contribution in [2.75, 3.05) is 20.2 Å². The summed E-state index contributed by atoms with van der Waals surface area (Å²) in [4.78, 5) is 26.3. The Morgan fingerprint density at radius 2 is 1.25 bits per heavy atom. The lowest BCUT2D eigenvalue weighted by atomic mass is 9.88. The van der Waals surface area contributed by atoms with E-state index in [2.05, 4.69) is 31.2 Å². The molecular weight excluding hydrogens is 550 g/mol. The monoisotopic (exact) mass is 591 g/mol. The Bertz CT molecular complexity index is 1540. The first kappa shape index (κ1) is 32.1. The lowest BCUT2D eigenvalue weighted by molar-refractivity contribution is -0.143. The number of rotatable bonds is 11. The van der Waals surface area contributed by atoms with Crippen molar-refractivity contribution in [2.24, 2.45) is 5.41 Å². The van der Waals surface area contributed by atoms with Crippen LogP contribution in [0.1, 0.15) is 56.4 Å². The highest BCUT2D eigenvalue weighted by molar-refractivity contribution is 5.98. The topological polar surface area (TPSA) is 65.1 Å². The molecule has 0 aliphatic rings. The maximum Gasteiger partial charge on any atom is 0.409 e. The fourth-order valence-corrected chi connectivity index (χ4v) is 4.57. The molecule has 4 aromatic rings. The lowest BCUT2D eigenvalue weighted by Crippen LogP contribution is -2.31. The van der Waals surface area contributed by atoms with E-state index < -0.39 is 11.5 Å². The highest BCUT2D eigenvalue weighted by atomic mass is 16.6. The minimum absolute atomic E-state index is 0.232. The molecule has 0 unspecified atom stereocenters. The number of ether oxygens (including phenoxy) is 3. The molecule has 6 heteroatoms. The summed E-state index contributed by atoms with van der Waals surface area (Å²) < 4.78 is 17.0. The molecule has 0 saturated heterocycles. The number of likely N-dealkylation sites (N-methyl/N-ethyl adjacent to an activating group) is 1. The molecule has 0 fully saturated rings. The van der Waals surface area contributed by atoms with Crippen LogP contribution in [-0.4, -0.2) is 37.2 Å². The zero-order valence-electron chi connectivity index (χ0n) is 26.2. The first-order chi connectivity index (χ1) is 21.2. The van der Waals surface area contributed by atoms with Gasteiger partial charge in [-0.25, -0.2) is 4.79 Å². The maximum atomic E-state index is 12.4. The average molecular weight is 592 g/mol. The van der Waals surface area contributed by atoms with E-state index in [0.717, 1.165) is 34.2 Å². The second-order valence-corrected chi connectivity index (χ2v) is 11.6. The minimum atomic E-state index is -0.586. The van der Waals surface area contributed by atoms with Crippen molar-refractivity contribution in [3.8, 4) is 11.5 Å². The van der Waals surface area contributed by atoms with Crippen molar-refractivity contribution in [1.29, 1.82) is 0 Å². The molecule has 0 spiro atoms. The van der Waals surface area contributed by atoms with Crippen LogP contribution in [0.15, 0.2) is 109 Å². The highest BCUT2D eigenvalue weighted by Crippen LogP contribution is 2.36. The largest absolute Gasteiger partial charge is 0.492 e. The maximum absolute atomic E-state index is 12.4. The number of carbonyl (C=O) groups is 2. The van der Waals surface area contributed by atoms with Gasteiger partial charge in [-0.2, -0.15) is 0 Å².